The van der Waals surface area contributed by atoms with Crippen LogP contribution in [0, 0.1) is 5.92 Å². The average molecular weight is 1310 g/mol. The second kappa shape index (κ2) is 63.5. The molecule has 0 saturated carbocycles. The topological polar surface area (TPSA) is 237 Å². The van der Waals surface area contributed by atoms with Crippen LogP contribution in [-0.2, 0) is 65.4 Å². The van der Waals surface area contributed by atoms with Gasteiger partial charge in [-0.1, -0.05) is 311 Å². The highest BCUT2D eigenvalue weighted by molar-refractivity contribution is 7.47. The third-order valence-electron chi connectivity index (χ3n) is 16.3. The maximum absolute atomic E-state index is 13.0. The standard InChI is InChI=1S/C70H136O17P2/c1-6-9-12-15-18-21-23-24-25-26-27-28-29-30-31-32-34-41-46-51-56-70(75)87-66(60-81-68(73)54-49-44-39-36-35-37-42-47-52-63(4)5)62-85-89(78,79)83-58-64(71)57-82-88(76,77)84-61-65(59-80-67(72)53-48-43-38-20-17-14-11-8-3)86-69(74)55-50-45-40-33-22-19-16-13-10-7-2/h63-66,71H,6-62H2,1-5H3,(H,76,77)(H,78,79)/t64-,65+,66+/m0/s1. The summed E-state index contributed by atoms with van der Waals surface area (Å²) in [5, 5.41) is 10.6. The van der Waals surface area contributed by atoms with E-state index in [1.165, 1.54) is 180 Å². The Kier molecular flexibility index (Phi) is 62.1. The number of rotatable bonds is 70. The number of aliphatic hydroxyl groups excluding tert-OH is 1. The van der Waals surface area contributed by atoms with Crippen molar-refractivity contribution in [2.75, 3.05) is 39.6 Å². The van der Waals surface area contributed by atoms with E-state index in [0.717, 1.165) is 102 Å². The van der Waals surface area contributed by atoms with E-state index in [1.807, 2.05) is 0 Å². The second-order valence-corrected chi connectivity index (χ2v) is 28.7. The van der Waals surface area contributed by atoms with Crippen LogP contribution in [0.1, 0.15) is 362 Å². The van der Waals surface area contributed by atoms with Crippen LogP contribution < -0.4 is 0 Å². The van der Waals surface area contributed by atoms with Gasteiger partial charge in [0.15, 0.2) is 12.2 Å². The molecular weight excluding hydrogens is 1170 g/mol. The van der Waals surface area contributed by atoms with E-state index in [4.69, 9.17) is 37.0 Å². The number of phosphoric acid groups is 2. The first-order chi connectivity index (χ1) is 43.0. The Morgan fingerprint density at radius 3 is 0.764 bits per heavy atom. The number of ether oxygens (including phenoxy) is 4. The van der Waals surface area contributed by atoms with Gasteiger partial charge in [0.2, 0.25) is 0 Å². The molecule has 0 aromatic rings. The van der Waals surface area contributed by atoms with Crippen LogP contribution in [0.3, 0.4) is 0 Å². The first kappa shape index (κ1) is 87.1. The Morgan fingerprint density at radius 1 is 0.303 bits per heavy atom. The van der Waals surface area contributed by atoms with E-state index in [1.54, 1.807) is 0 Å². The summed E-state index contributed by atoms with van der Waals surface area (Å²) in [5.41, 5.74) is 0. The first-order valence-corrected chi connectivity index (χ1v) is 39.6. The van der Waals surface area contributed by atoms with E-state index in [9.17, 15) is 43.2 Å². The normalized spacial score (nSPS) is 14.1. The predicted octanol–water partition coefficient (Wildman–Crippen LogP) is 20.1. The molecule has 0 rings (SSSR count). The number of aliphatic hydroxyl groups is 1. The van der Waals surface area contributed by atoms with Crippen molar-refractivity contribution in [1.29, 1.82) is 0 Å². The van der Waals surface area contributed by atoms with E-state index < -0.39 is 97.5 Å². The summed E-state index contributed by atoms with van der Waals surface area (Å²) in [6, 6.07) is 0. The van der Waals surface area contributed by atoms with Crippen molar-refractivity contribution in [3.05, 3.63) is 0 Å². The zero-order valence-corrected chi connectivity index (χ0v) is 59.4. The molecule has 0 spiro atoms. The fourth-order valence-electron chi connectivity index (χ4n) is 10.6. The minimum Gasteiger partial charge on any atom is -0.462 e. The molecule has 0 aromatic heterocycles. The van der Waals surface area contributed by atoms with Crippen molar-refractivity contribution < 1.29 is 80.2 Å². The molecule has 0 heterocycles. The summed E-state index contributed by atoms with van der Waals surface area (Å²) in [6.07, 6.45) is 50.2. The molecule has 89 heavy (non-hydrogen) atoms. The lowest BCUT2D eigenvalue weighted by Gasteiger charge is -2.21. The Bertz CT molecular complexity index is 1720. The largest absolute Gasteiger partial charge is 0.472 e. The van der Waals surface area contributed by atoms with Gasteiger partial charge in [-0.25, -0.2) is 9.13 Å². The molecule has 2 unspecified atom stereocenters. The number of hydrogen-bond acceptors (Lipinski definition) is 15. The van der Waals surface area contributed by atoms with Gasteiger partial charge in [-0.3, -0.25) is 37.3 Å². The first-order valence-electron chi connectivity index (χ1n) is 36.6. The molecule has 0 aliphatic heterocycles. The molecule has 17 nitrogen and oxygen atoms in total. The van der Waals surface area contributed by atoms with Crippen molar-refractivity contribution in [3.63, 3.8) is 0 Å². The van der Waals surface area contributed by atoms with Gasteiger partial charge >= 0.3 is 39.5 Å². The minimum atomic E-state index is -4.95. The summed E-state index contributed by atoms with van der Waals surface area (Å²) in [4.78, 5) is 72.4. The van der Waals surface area contributed by atoms with Crippen molar-refractivity contribution in [2.24, 2.45) is 5.92 Å². The molecule has 0 radical (unpaired) electrons. The summed E-state index contributed by atoms with van der Waals surface area (Å²) in [7, 11) is -9.89. The molecule has 0 amide bonds. The van der Waals surface area contributed by atoms with Gasteiger partial charge in [0.05, 0.1) is 26.4 Å². The van der Waals surface area contributed by atoms with Crippen LogP contribution in [0.2, 0.25) is 0 Å². The lowest BCUT2D eigenvalue weighted by atomic mass is 10.0. The highest BCUT2D eigenvalue weighted by Crippen LogP contribution is 2.45. The second-order valence-electron chi connectivity index (χ2n) is 25.7. The number of phosphoric ester groups is 2. The molecule has 3 N–H and O–H groups in total. The van der Waals surface area contributed by atoms with E-state index in [2.05, 4.69) is 34.6 Å². The molecule has 0 saturated heterocycles. The van der Waals surface area contributed by atoms with Crippen molar-refractivity contribution in [3.8, 4) is 0 Å². The molecule has 0 aromatic carbocycles. The van der Waals surface area contributed by atoms with Gasteiger partial charge in [-0.2, -0.15) is 0 Å². The fourth-order valence-corrected chi connectivity index (χ4v) is 12.2. The Labute approximate surface area is 543 Å². The molecule has 0 aliphatic carbocycles. The Hall–Kier alpha value is -1.94. The van der Waals surface area contributed by atoms with E-state index in [0.29, 0.717) is 25.7 Å². The van der Waals surface area contributed by atoms with Gasteiger partial charge < -0.3 is 33.8 Å². The third-order valence-corrected chi connectivity index (χ3v) is 18.2. The van der Waals surface area contributed by atoms with Gasteiger partial charge in [0.25, 0.3) is 0 Å². The fraction of sp³-hybridized carbons (Fsp3) is 0.943. The number of unbranched alkanes of at least 4 members (excludes halogenated alkanes) is 42. The van der Waals surface area contributed by atoms with Crippen molar-refractivity contribution in [1.82, 2.24) is 0 Å². The smallest absolute Gasteiger partial charge is 0.462 e. The molecular formula is C70H136O17P2. The molecule has 528 valence electrons. The van der Waals surface area contributed by atoms with Crippen molar-refractivity contribution in [2.45, 2.75) is 380 Å². The SMILES string of the molecule is CCCCCCCCCCCCCCCCCCCCCCC(=O)O[C@H](COC(=O)CCCCCCCCCCC(C)C)COP(=O)(O)OC[C@@H](O)COP(=O)(O)OC[C@@H](COC(=O)CCCCCCCCCC)OC(=O)CCCCCCCCCCCC. The summed E-state index contributed by atoms with van der Waals surface area (Å²) < 4.78 is 68.1. The van der Waals surface area contributed by atoms with E-state index >= 15 is 0 Å². The van der Waals surface area contributed by atoms with Gasteiger partial charge in [0.1, 0.15) is 19.3 Å². The van der Waals surface area contributed by atoms with Crippen LogP contribution in [0.15, 0.2) is 0 Å². The van der Waals surface area contributed by atoms with Gasteiger partial charge in [0, 0.05) is 25.7 Å². The Balaban J connectivity index is 5.15. The Morgan fingerprint density at radius 2 is 0.517 bits per heavy atom. The number of esters is 4. The molecule has 0 aliphatic rings. The van der Waals surface area contributed by atoms with Crippen LogP contribution in [0.4, 0.5) is 0 Å². The minimum absolute atomic E-state index is 0.106. The zero-order chi connectivity index (χ0) is 65.6. The summed E-state index contributed by atoms with van der Waals surface area (Å²) >= 11 is 0. The zero-order valence-electron chi connectivity index (χ0n) is 57.6. The molecule has 0 bridgehead atoms. The van der Waals surface area contributed by atoms with Crippen LogP contribution in [0.25, 0.3) is 0 Å². The number of hydrogen-bond donors (Lipinski definition) is 3. The van der Waals surface area contributed by atoms with E-state index in [-0.39, 0.29) is 25.7 Å². The maximum atomic E-state index is 13.0. The maximum Gasteiger partial charge on any atom is 0.472 e. The lowest BCUT2D eigenvalue weighted by Crippen LogP contribution is -2.30. The summed E-state index contributed by atoms with van der Waals surface area (Å²) in [5.74, 6) is -1.40. The lowest BCUT2D eigenvalue weighted by molar-refractivity contribution is -0.161. The molecule has 19 heteroatoms. The van der Waals surface area contributed by atoms with Gasteiger partial charge in [-0.15, -0.1) is 0 Å². The molecule has 5 atom stereocenters. The number of carbonyl (C=O) groups is 4. The van der Waals surface area contributed by atoms with Crippen LogP contribution in [0.5, 0.6) is 0 Å². The third kappa shape index (κ3) is 64.6. The summed E-state index contributed by atoms with van der Waals surface area (Å²) in [6.45, 7) is 7.17. The van der Waals surface area contributed by atoms with Gasteiger partial charge in [-0.05, 0) is 31.6 Å². The number of carbonyl (C=O) groups excluding carboxylic acids is 4. The van der Waals surface area contributed by atoms with Crippen LogP contribution in [-0.4, -0.2) is 96.7 Å². The highest BCUT2D eigenvalue weighted by atomic mass is 31.2. The quantitative estimate of drug-likeness (QED) is 0.0222. The predicted molar refractivity (Wildman–Crippen MR) is 358 cm³/mol. The average Bonchev–Trinajstić information content (AvgIpc) is 3.70. The van der Waals surface area contributed by atoms with Crippen LogP contribution >= 0.6 is 15.6 Å². The monoisotopic (exact) mass is 1310 g/mol. The molecule has 0 fully saturated rings. The highest BCUT2D eigenvalue weighted by Gasteiger charge is 2.30. The van der Waals surface area contributed by atoms with Crippen molar-refractivity contribution >= 4 is 39.5 Å².